The van der Waals surface area contributed by atoms with Crippen molar-refractivity contribution in [2.75, 3.05) is 7.11 Å². The first kappa shape index (κ1) is 18.6. The van der Waals surface area contributed by atoms with Crippen LogP contribution in [0.25, 0.3) is 11.3 Å². The number of halogens is 6. The van der Waals surface area contributed by atoms with E-state index in [1.54, 1.807) is 0 Å². The number of alkyl halides is 6. The van der Waals surface area contributed by atoms with E-state index in [9.17, 15) is 31.1 Å². The number of esters is 1. The van der Waals surface area contributed by atoms with Crippen LogP contribution >= 0.6 is 0 Å². The topological polar surface area (TPSA) is 48.4 Å². The second-order valence-corrected chi connectivity index (χ2v) is 4.69. The van der Waals surface area contributed by atoms with Crippen LogP contribution in [0.1, 0.15) is 15.9 Å². The molecule has 0 bridgehead atoms. The van der Waals surface area contributed by atoms with Crippen LogP contribution in [0.3, 0.4) is 0 Å². The molecule has 0 aliphatic carbocycles. The van der Waals surface area contributed by atoms with E-state index >= 15 is 0 Å². The van der Waals surface area contributed by atoms with Gasteiger partial charge in [0.1, 0.15) is 5.75 Å². The average molecular weight is 365 g/mol. The highest BCUT2D eigenvalue weighted by molar-refractivity contribution is 5.96. The summed E-state index contributed by atoms with van der Waals surface area (Å²) in [6, 6.07) is 4.86. The molecule has 2 rings (SSSR count). The van der Waals surface area contributed by atoms with Crippen LogP contribution in [-0.2, 0) is 10.9 Å². The molecule has 4 nitrogen and oxygen atoms in total. The van der Waals surface area contributed by atoms with Crippen molar-refractivity contribution in [2.24, 2.45) is 0 Å². The lowest BCUT2D eigenvalue weighted by Crippen LogP contribution is -2.17. The fraction of sp³-hybridized carbons (Fsp3) is 0.200. The zero-order chi connectivity index (χ0) is 18.8. The molecule has 0 amide bonds. The summed E-state index contributed by atoms with van der Waals surface area (Å²) in [5, 5.41) is 0. The summed E-state index contributed by atoms with van der Waals surface area (Å²) in [7, 11) is 0.954. The smallest absolute Gasteiger partial charge is 0.465 e. The minimum atomic E-state index is -4.95. The highest BCUT2D eigenvalue weighted by atomic mass is 19.4. The third-order valence-corrected chi connectivity index (χ3v) is 2.96. The van der Waals surface area contributed by atoms with Gasteiger partial charge < -0.3 is 9.47 Å². The fourth-order valence-electron chi connectivity index (χ4n) is 1.96. The Hall–Kier alpha value is -2.78. The van der Waals surface area contributed by atoms with E-state index in [4.69, 9.17) is 0 Å². The van der Waals surface area contributed by atoms with E-state index in [0.29, 0.717) is 12.3 Å². The number of nitrogens with zero attached hydrogens (tertiary/aromatic N) is 1. The number of pyridine rings is 1. The van der Waals surface area contributed by atoms with E-state index in [1.807, 2.05) is 0 Å². The predicted octanol–water partition coefficient (Wildman–Crippen LogP) is 4.45. The molecule has 0 N–H and O–H groups in total. The Balaban J connectivity index is 2.55. The molecule has 0 unspecified atom stereocenters. The highest BCUT2D eigenvalue weighted by Gasteiger charge is 2.33. The third kappa shape index (κ3) is 4.61. The first-order valence-corrected chi connectivity index (χ1v) is 6.53. The summed E-state index contributed by atoms with van der Waals surface area (Å²) >= 11 is 0. The molecule has 25 heavy (non-hydrogen) atoms. The molecule has 1 aromatic heterocycles. The van der Waals surface area contributed by atoms with Crippen LogP contribution in [0, 0.1) is 0 Å². The summed E-state index contributed by atoms with van der Waals surface area (Å²) < 4.78 is 83.4. The van der Waals surface area contributed by atoms with Crippen LogP contribution in [0.5, 0.6) is 5.75 Å². The Morgan fingerprint density at radius 3 is 2.32 bits per heavy atom. The van der Waals surface area contributed by atoms with Gasteiger partial charge in [0.25, 0.3) is 0 Å². The quantitative estimate of drug-likeness (QED) is 0.596. The average Bonchev–Trinajstić information content (AvgIpc) is 2.51. The maximum Gasteiger partial charge on any atom is 0.573 e. The second-order valence-electron chi connectivity index (χ2n) is 4.69. The third-order valence-electron chi connectivity index (χ3n) is 2.96. The van der Waals surface area contributed by atoms with E-state index in [-0.39, 0.29) is 11.3 Å². The van der Waals surface area contributed by atoms with Crippen molar-refractivity contribution in [1.29, 1.82) is 0 Å². The van der Waals surface area contributed by atoms with Gasteiger partial charge in [0.05, 0.1) is 23.9 Å². The lowest BCUT2D eigenvalue weighted by molar-refractivity contribution is -0.274. The monoisotopic (exact) mass is 365 g/mol. The van der Waals surface area contributed by atoms with Gasteiger partial charge in [0.15, 0.2) is 0 Å². The van der Waals surface area contributed by atoms with Crippen LogP contribution < -0.4 is 4.74 Å². The Morgan fingerprint density at radius 2 is 1.76 bits per heavy atom. The van der Waals surface area contributed by atoms with Gasteiger partial charge in [-0.3, -0.25) is 4.98 Å². The summed E-state index contributed by atoms with van der Waals surface area (Å²) in [5.41, 5.74) is -2.05. The normalized spacial score (nSPS) is 12.0. The first-order chi connectivity index (χ1) is 11.5. The van der Waals surface area contributed by atoms with Crippen LogP contribution in [0.2, 0.25) is 0 Å². The Labute approximate surface area is 137 Å². The number of hydrogen-bond acceptors (Lipinski definition) is 4. The van der Waals surface area contributed by atoms with Gasteiger partial charge in [-0.1, -0.05) is 12.1 Å². The highest BCUT2D eigenvalue weighted by Crippen LogP contribution is 2.33. The minimum Gasteiger partial charge on any atom is -0.465 e. The number of rotatable bonds is 3. The molecule has 0 saturated heterocycles. The molecular weight excluding hydrogens is 356 g/mol. The zero-order valence-electron chi connectivity index (χ0n) is 12.4. The lowest BCUT2D eigenvalue weighted by Gasteiger charge is -2.13. The molecule has 0 saturated carbocycles. The summed E-state index contributed by atoms with van der Waals surface area (Å²) in [6.45, 7) is 0. The van der Waals surface area contributed by atoms with Gasteiger partial charge in [0, 0.05) is 11.8 Å². The summed E-state index contributed by atoms with van der Waals surface area (Å²) in [5.74, 6) is -1.72. The van der Waals surface area contributed by atoms with Gasteiger partial charge in [0.2, 0.25) is 0 Å². The number of aromatic nitrogens is 1. The molecule has 1 aromatic carbocycles. The van der Waals surface area contributed by atoms with Crippen molar-refractivity contribution in [1.82, 2.24) is 4.98 Å². The van der Waals surface area contributed by atoms with Crippen molar-refractivity contribution in [3.63, 3.8) is 0 Å². The molecule has 134 valence electrons. The van der Waals surface area contributed by atoms with Crippen molar-refractivity contribution in [3.8, 4) is 17.0 Å². The minimum absolute atomic E-state index is 0.0455. The number of hydrogen-bond donors (Lipinski definition) is 0. The van der Waals surface area contributed by atoms with E-state index in [1.165, 1.54) is 12.1 Å². The van der Waals surface area contributed by atoms with Crippen molar-refractivity contribution >= 4 is 5.97 Å². The van der Waals surface area contributed by atoms with Crippen molar-refractivity contribution < 1.29 is 40.6 Å². The molecular formula is C15H9F6NO3. The number of carbonyl (C=O) groups is 1. The van der Waals surface area contributed by atoms with Crippen LogP contribution in [0.15, 0.2) is 36.5 Å². The summed E-state index contributed by atoms with van der Waals surface area (Å²) in [4.78, 5) is 15.3. The largest absolute Gasteiger partial charge is 0.573 e. The second kappa shape index (κ2) is 6.61. The SMILES string of the molecule is COC(=O)c1cc(C(F)(F)F)cnc1-c1cccc(OC(F)(F)F)c1. The molecule has 0 aliphatic rings. The lowest BCUT2D eigenvalue weighted by atomic mass is 10.0. The van der Waals surface area contributed by atoms with Gasteiger partial charge >= 0.3 is 18.5 Å². The zero-order valence-corrected chi connectivity index (χ0v) is 12.4. The fourth-order valence-corrected chi connectivity index (χ4v) is 1.96. The molecule has 0 aliphatic heterocycles. The Bertz CT molecular complexity index is 786. The van der Waals surface area contributed by atoms with Crippen molar-refractivity contribution in [3.05, 3.63) is 47.7 Å². The summed E-state index contributed by atoms with van der Waals surface area (Å²) in [6.07, 6.45) is -9.23. The maximum atomic E-state index is 12.8. The van der Waals surface area contributed by atoms with Gasteiger partial charge in [-0.05, 0) is 18.2 Å². The maximum absolute atomic E-state index is 12.8. The van der Waals surface area contributed by atoms with E-state index in [0.717, 1.165) is 19.2 Å². The molecule has 2 aromatic rings. The Kier molecular flexibility index (Phi) is 4.91. The van der Waals surface area contributed by atoms with Crippen molar-refractivity contribution in [2.45, 2.75) is 12.5 Å². The van der Waals surface area contributed by atoms with E-state index in [2.05, 4.69) is 14.5 Å². The number of benzene rings is 1. The Morgan fingerprint density at radius 1 is 1.08 bits per heavy atom. The number of methoxy groups -OCH3 is 1. The standard InChI is InChI=1S/C15H9F6NO3/c1-24-13(23)11-6-9(14(16,17)18)7-22-12(11)8-3-2-4-10(5-8)25-15(19,20)21/h2-7H,1H3. The predicted molar refractivity (Wildman–Crippen MR) is 72.7 cm³/mol. The van der Waals surface area contributed by atoms with Crippen LogP contribution in [-0.4, -0.2) is 24.4 Å². The number of carbonyl (C=O) groups excluding carboxylic acids is 1. The molecule has 1 heterocycles. The van der Waals surface area contributed by atoms with E-state index < -0.39 is 35.4 Å². The molecule has 0 spiro atoms. The van der Waals surface area contributed by atoms with Crippen LogP contribution in [0.4, 0.5) is 26.3 Å². The van der Waals surface area contributed by atoms with Gasteiger partial charge in [-0.15, -0.1) is 13.2 Å². The molecule has 10 heteroatoms. The first-order valence-electron chi connectivity index (χ1n) is 6.53. The molecule has 0 atom stereocenters. The molecule has 0 fully saturated rings. The van der Waals surface area contributed by atoms with Gasteiger partial charge in [-0.2, -0.15) is 13.2 Å². The molecule has 0 radical (unpaired) electrons. The number of ether oxygens (including phenoxy) is 2. The van der Waals surface area contributed by atoms with Gasteiger partial charge in [-0.25, -0.2) is 4.79 Å².